The number of carbonyl (C=O) groups excluding carboxylic acids is 1. The Hall–Kier alpha value is -1.81. The van der Waals surface area contributed by atoms with Gasteiger partial charge in [0, 0.05) is 11.6 Å². The first-order valence-corrected chi connectivity index (χ1v) is 4.03. The molecule has 4 N–H and O–H groups in total. The number of carbonyl (C=O) groups is 1. The van der Waals surface area contributed by atoms with E-state index in [0.717, 1.165) is 0 Å². The zero-order valence-corrected chi connectivity index (χ0v) is 7.47. The summed E-state index contributed by atoms with van der Waals surface area (Å²) in [7, 11) is 0. The van der Waals surface area contributed by atoms with E-state index < -0.39 is 5.91 Å². The number of aromatic hydroxyl groups is 1. The lowest BCUT2D eigenvalue weighted by Crippen LogP contribution is -2.05. The molecule has 1 amide bonds. The van der Waals surface area contributed by atoms with Crippen molar-refractivity contribution >= 4 is 12.0 Å². The van der Waals surface area contributed by atoms with Crippen molar-refractivity contribution < 1.29 is 15.0 Å². The first-order chi connectivity index (χ1) is 6.63. The van der Waals surface area contributed by atoms with Crippen LogP contribution in [0.4, 0.5) is 0 Å². The lowest BCUT2D eigenvalue weighted by molar-refractivity contribution is -0.113. The lowest BCUT2D eigenvalue weighted by Gasteiger charge is -2.01. The number of primary amides is 1. The molecule has 1 aromatic rings. The quantitative estimate of drug-likeness (QED) is 0.607. The zero-order chi connectivity index (χ0) is 10.6. The number of rotatable bonds is 3. The summed E-state index contributed by atoms with van der Waals surface area (Å²) in [5.74, 6) is -0.507. The Kier molecular flexibility index (Phi) is 3.25. The number of aliphatic hydroxyl groups is 1. The molecule has 0 aliphatic rings. The highest BCUT2D eigenvalue weighted by Gasteiger charge is 1.99. The normalized spacial score (nSPS) is 10.6. The van der Waals surface area contributed by atoms with Gasteiger partial charge in [0.25, 0.3) is 0 Å². The monoisotopic (exact) mass is 193 g/mol. The van der Waals surface area contributed by atoms with Gasteiger partial charge in [0.05, 0.1) is 6.61 Å². The molecule has 4 nitrogen and oxygen atoms in total. The largest absolute Gasteiger partial charge is 0.508 e. The van der Waals surface area contributed by atoms with E-state index in [-0.39, 0.29) is 12.4 Å². The molecule has 14 heavy (non-hydrogen) atoms. The van der Waals surface area contributed by atoms with Crippen molar-refractivity contribution in [2.75, 3.05) is 0 Å². The molecule has 4 heteroatoms. The average Bonchev–Trinajstić information content (AvgIpc) is 2.16. The summed E-state index contributed by atoms with van der Waals surface area (Å²) >= 11 is 0. The van der Waals surface area contributed by atoms with Crippen molar-refractivity contribution in [2.24, 2.45) is 5.73 Å². The Morgan fingerprint density at radius 2 is 2.21 bits per heavy atom. The number of phenols is 1. The molecular weight excluding hydrogens is 182 g/mol. The van der Waals surface area contributed by atoms with E-state index in [1.807, 2.05) is 0 Å². The van der Waals surface area contributed by atoms with Crippen molar-refractivity contribution in [3.63, 3.8) is 0 Å². The van der Waals surface area contributed by atoms with Crippen LogP contribution in [0.3, 0.4) is 0 Å². The third-order valence-corrected chi connectivity index (χ3v) is 1.71. The van der Waals surface area contributed by atoms with E-state index in [9.17, 15) is 9.90 Å². The molecule has 0 aliphatic carbocycles. The number of nitrogens with two attached hydrogens (primary N) is 1. The van der Waals surface area contributed by atoms with Gasteiger partial charge in [0.15, 0.2) is 0 Å². The van der Waals surface area contributed by atoms with E-state index in [4.69, 9.17) is 10.8 Å². The smallest absolute Gasteiger partial charge is 0.241 e. The summed E-state index contributed by atoms with van der Waals surface area (Å²) in [4.78, 5) is 10.4. The highest BCUT2D eigenvalue weighted by atomic mass is 16.3. The summed E-state index contributed by atoms with van der Waals surface area (Å²) < 4.78 is 0. The first-order valence-electron chi connectivity index (χ1n) is 4.03. The van der Waals surface area contributed by atoms with Crippen LogP contribution in [0.25, 0.3) is 6.08 Å². The summed E-state index contributed by atoms with van der Waals surface area (Å²) in [6.07, 6.45) is 2.73. The Bertz CT molecular complexity index is 372. The summed E-state index contributed by atoms with van der Waals surface area (Å²) in [5, 5.41) is 18.1. The molecule has 0 atom stereocenters. The number of benzene rings is 1. The molecule has 0 aromatic heterocycles. The van der Waals surface area contributed by atoms with Gasteiger partial charge in [0.1, 0.15) is 5.75 Å². The van der Waals surface area contributed by atoms with Crippen molar-refractivity contribution in [1.29, 1.82) is 0 Å². The molecule has 0 saturated heterocycles. The second-order valence-corrected chi connectivity index (χ2v) is 2.78. The molecule has 1 rings (SSSR count). The minimum absolute atomic E-state index is 0.0312. The minimum atomic E-state index is -0.538. The second-order valence-electron chi connectivity index (χ2n) is 2.78. The van der Waals surface area contributed by atoms with Crippen LogP contribution in [0.5, 0.6) is 5.75 Å². The molecule has 0 spiro atoms. The second kappa shape index (κ2) is 4.43. The van der Waals surface area contributed by atoms with Gasteiger partial charge in [-0.3, -0.25) is 4.79 Å². The van der Waals surface area contributed by atoms with Crippen molar-refractivity contribution in [3.8, 4) is 5.75 Å². The lowest BCUT2D eigenvalue weighted by atomic mass is 10.1. The van der Waals surface area contributed by atoms with Gasteiger partial charge in [-0.15, -0.1) is 0 Å². The molecule has 0 unspecified atom stereocenters. The maximum atomic E-state index is 10.4. The maximum Gasteiger partial charge on any atom is 0.241 e. The molecule has 0 fully saturated rings. The third-order valence-electron chi connectivity index (χ3n) is 1.71. The van der Waals surface area contributed by atoms with Gasteiger partial charge in [-0.25, -0.2) is 0 Å². The minimum Gasteiger partial charge on any atom is -0.508 e. The zero-order valence-electron chi connectivity index (χ0n) is 7.47. The molecule has 1 aromatic carbocycles. The Morgan fingerprint density at radius 1 is 1.50 bits per heavy atom. The standard InChI is InChI=1S/C10H11NO3/c11-10(14)4-2-7-1-3-9(13)8(5-7)6-12/h1-5,12-13H,6H2,(H2,11,14). The topological polar surface area (TPSA) is 83.6 Å². The van der Waals surface area contributed by atoms with E-state index >= 15 is 0 Å². The average molecular weight is 193 g/mol. The van der Waals surface area contributed by atoms with Crippen LogP contribution >= 0.6 is 0 Å². The van der Waals surface area contributed by atoms with Crippen LogP contribution in [0.1, 0.15) is 11.1 Å². The highest BCUT2D eigenvalue weighted by molar-refractivity contribution is 5.90. The molecule has 0 heterocycles. The fourth-order valence-corrected chi connectivity index (χ4v) is 1.01. The van der Waals surface area contributed by atoms with Gasteiger partial charge in [-0.05, 0) is 23.8 Å². The molecular formula is C10H11NO3. The van der Waals surface area contributed by atoms with Crippen molar-refractivity contribution in [3.05, 3.63) is 35.4 Å². The number of hydrogen-bond donors (Lipinski definition) is 3. The first kappa shape index (κ1) is 10.3. The van der Waals surface area contributed by atoms with E-state index in [0.29, 0.717) is 11.1 Å². The van der Waals surface area contributed by atoms with Crippen LogP contribution < -0.4 is 5.73 Å². The summed E-state index contributed by atoms with van der Waals surface area (Å²) in [5.41, 5.74) is 6.03. The Morgan fingerprint density at radius 3 is 2.79 bits per heavy atom. The molecule has 0 aliphatic heterocycles. The Labute approximate surface area is 81.3 Å². The number of amides is 1. The van der Waals surface area contributed by atoms with Gasteiger partial charge < -0.3 is 15.9 Å². The van der Waals surface area contributed by atoms with Crippen LogP contribution in [0, 0.1) is 0 Å². The highest BCUT2D eigenvalue weighted by Crippen LogP contribution is 2.18. The number of aliphatic hydroxyl groups excluding tert-OH is 1. The molecule has 74 valence electrons. The number of hydrogen-bond acceptors (Lipinski definition) is 3. The van der Waals surface area contributed by atoms with Crippen LogP contribution in [0.2, 0.25) is 0 Å². The van der Waals surface area contributed by atoms with Gasteiger partial charge >= 0.3 is 0 Å². The third kappa shape index (κ3) is 2.60. The fraction of sp³-hybridized carbons (Fsp3) is 0.100. The van der Waals surface area contributed by atoms with Crippen molar-refractivity contribution in [1.82, 2.24) is 0 Å². The SMILES string of the molecule is NC(=O)C=Cc1ccc(O)c(CO)c1. The van der Waals surface area contributed by atoms with Gasteiger partial charge in [-0.1, -0.05) is 6.07 Å². The van der Waals surface area contributed by atoms with Crippen molar-refractivity contribution in [2.45, 2.75) is 6.61 Å². The van der Waals surface area contributed by atoms with Crippen LogP contribution in [-0.4, -0.2) is 16.1 Å². The van der Waals surface area contributed by atoms with E-state index in [2.05, 4.69) is 0 Å². The van der Waals surface area contributed by atoms with Gasteiger partial charge in [-0.2, -0.15) is 0 Å². The molecule has 0 radical (unpaired) electrons. The van der Waals surface area contributed by atoms with Gasteiger partial charge in [0.2, 0.25) is 5.91 Å². The van der Waals surface area contributed by atoms with Crippen LogP contribution in [0.15, 0.2) is 24.3 Å². The predicted molar refractivity (Wildman–Crippen MR) is 52.3 cm³/mol. The van der Waals surface area contributed by atoms with E-state index in [1.54, 1.807) is 12.1 Å². The molecule has 0 bridgehead atoms. The Balaban J connectivity index is 2.95. The summed E-state index contributed by atoms with van der Waals surface area (Å²) in [6, 6.07) is 4.65. The summed E-state index contributed by atoms with van der Waals surface area (Å²) in [6.45, 7) is -0.246. The molecule has 0 saturated carbocycles. The fourth-order valence-electron chi connectivity index (χ4n) is 1.01. The predicted octanol–water partition coefficient (Wildman–Crippen LogP) is 0.383. The van der Waals surface area contributed by atoms with Crippen LogP contribution in [-0.2, 0) is 11.4 Å². The van der Waals surface area contributed by atoms with E-state index in [1.165, 1.54) is 18.2 Å². The maximum absolute atomic E-state index is 10.4.